The minimum Gasteiger partial charge on any atom is -0.477 e. The third-order valence-corrected chi connectivity index (χ3v) is 3.44. The lowest BCUT2D eigenvalue weighted by molar-refractivity contribution is 0.0693. The van der Waals surface area contributed by atoms with E-state index in [-0.39, 0.29) is 11.5 Å². The van der Waals surface area contributed by atoms with Crippen LogP contribution in [0.2, 0.25) is 0 Å². The molecule has 0 aliphatic rings. The van der Waals surface area contributed by atoms with Crippen molar-refractivity contribution in [3.63, 3.8) is 0 Å². The van der Waals surface area contributed by atoms with Gasteiger partial charge < -0.3 is 9.67 Å². The molecule has 0 fully saturated rings. The summed E-state index contributed by atoms with van der Waals surface area (Å²) in [4.78, 5) is 23.7. The fourth-order valence-electron chi connectivity index (χ4n) is 2.65. The Labute approximate surface area is 111 Å². The van der Waals surface area contributed by atoms with Gasteiger partial charge in [0, 0.05) is 12.4 Å². The number of fused-ring (bicyclic) bond motifs is 1. The van der Waals surface area contributed by atoms with Gasteiger partial charge in [-0.1, -0.05) is 32.0 Å². The number of carboxylic acid groups (broad SMARTS) is 1. The first-order valence-electron chi connectivity index (χ1n) is 6.21. The van der Waals surface area contributed by atoms with Gasteiger partial charge in [-0.2, -0.15) is 0 Å². The molecule has 19 heavy (non-hydrogen) atoms. The molecular formula is C15H17NO3. The number of nitrogens with zero attached hydrogens (tertiary/aromatic N) is 1. The molecule has 4 heteroatoms. The summed E-state index contributed by atoms with van der Waals surface area (Å²) >= 11 is 0. The van der Waals surface area contributed by atoms with Gasteiger partial charge in [0.1, 0.15) is 5.56 Å². The number of aromatic nitrogens is 1. The van der Waals surface area contributed by atoms with Gasteiger partial charge in [0.15, 0.2) is 0 Å². The highest BCUT2D eigenvalue weighted by Crippen LogP contribution is 2.28. The van der Waals surface area contributed by atoms with Crippen molar-refractivity contribution in [2.24, 2.45) is 7.05 Å². The number of benzene rings is 1. The van der Waals surface area contributed by atoms with E-state index in [0.717, 1.165) is 16.5 Å². The van der Waals surface area contributed by atoms with Crippen LogP contribution in [-0.2, 0) is 7.05 Å². The third-order valence-electron chi connectivity index (χ3n) is 3.44. The normalized spacial score (nSPS) is 11.2. The van der Waals surface area contributed by atoms with Crippen LogP contribution in [0.25, 0.3) is 10.9 Å². The van der Waals surface area contributed by atoms with E-state index in [1.165, 1.54) is 4.57 Å². The highest BCUT2D eigenvalue weighted by atomic mass is 16.4. The SMILES string of the molecule is Cc1cccc2c(C(C)C)c(C(=O)O)c(=O)n(C)c12. The third kappa shape index (κ3) is 1.93. The Kier molecular flexibility index (Phi) is 3.18. The first-order chi connectivity index (χ1) is 8.86. The zero-order chi connectivity index (χ0) is 14.3. The Morgan fingerprint density at radius 2 is 1.95 bits per heavy atom. The summed E-state index contributed by atoms with van der Waals surface area (Å²) in [6.07, 6.45) is 0. The zero-order valence-electron chi connectivity index (χ0n) is 11.5. The standard InChI is InChI=1S/C15H17NO3/c1-8(2)11-10-7-5-6-9(3)13(10)16(4)14(17)12(11)15(18)19/h5-8H,1-4H3,(H,18,19). The number of para-hydroxylation sites is 1. The van der Waals surface area contributed by atoms with E-state index in [1.54, 1.807) is 7.05 Å². The molecule has 1 aromatic heterocycles. The number of aryl methyl sites for hydroxylation is 2. The number of carboxylic acids is 1. The zero-order valence-corrected chi connectivity index (χ0v) is 11.5. The van der Waals surface area contributed by atoms with Crippen molar-refractivity contribution in [3.8, 4) is 0 Å². The lowest BCUT2D eigenvalue weighted by Crippen LogP contribution is -2.27. The van der Waals surface area contributed by atoms with Crippen LogP contribution in [0.3, 0.4) is 0 Å². The van der Waals surface area contributed by atoms with Gasteiger partial charge in [-0.25, -0.2) is 4.79 Å². The van der Waals surface area contributed by atoms with Gasteiger partial charge in [-0.15, -0.1) is 0 Å². The van der Waals surface area contributed by atoms with E-state index >= 15 is 0 Å². The van der Waals surface area contributed by atoms with Gasteiger partial charge in [0.05, 0.1) is 5.52 Å². The summed E-state index contributed by atoms with van der Waals surface area (Å²) in [5, 5.41) is 10.2. The monoisotopic (exact) mass is 259 g/mol. The van der Waals surface area contributed by atoms with E-state index < -0.39 is 11.5 Å². The van der Waals surface area contributed by atoms with Gasteiger partial charge in [0.25, 0.3) is 5.56 Å². The molecular weight excluding hydrogens is 242 g/mol. The molecule has 0 saturated carbocycles. The second-order valence-electron chi connectivity index (χ2n) is 5.08. The molecule has 0 spiro atoms. The van der Waals surface area contributed by atoms with Gasteiger partial charge in [0.2, 0.25) is 0 Å². The summed E-state index contributed by atoms with van der Waals surface area (Å²) in [6.45, 7) is 5.73. The van der Waals surface area contributed by atoms with E-state index in [4.69, 9.17) is 0 Å². The fraction of sp³-hybridized carbons (Fsp3) is 0.333. The van der Waals surface area contributed by atoms with Crippen molar-refractivity contribution in [1.29, 1.82) is 0 Å². The first-order valence-corrected chi connectivity index (χ1v) is 6.21. The highest BCUT2D eigenvalue weighted by Gasteiger charge is 2.22. The van der Waals surface area contributed by atoms with Crippen molar-refractivity contribution < 1.29 is 9.90 Å². The van der Waals surface area contributed by atoms with Crippen LogP contribution >= 0.6 is 0 Å². The van der Waals surface area contributed by atoms with Crippen molar-refractivity contribution >= 4 is 16.9 Å². The topological polar surface area (TPSA) is 59.3 Å². The molecule has 0 bridgehead atoms. The molecule has 0 aliphatic heterocycles. The molecule has 100 valence electrons. The summed E-state index contributed by atoms with van der Waals surface area (Å²) in [5.41, 5.74) is 1.83. The molecule has 0 aliphatic carbocycles. The van der Waals surface area contributed by atoms with Crippen LogP contribution in [0, 0.1) is 6.92 Å². The second-order valence-corrected chi connectivity index (χ2v) is 5.08. The van der Waals surface area contributed by atoms with Crippen molar-refractivity contribution in [3.05, 3.63) is 45.2 Å². The summed E-state index contributed by atoms with van der Waals surface area (Å²) in [5.74, 6) is -1.18. The Bertz CT molecular complexity index is 726. The molecule has 1 heterocycles. The predicted molar refractivity (Wildman–Crippen MR) is 75.0 cm³/mol. The number of pyridine rings is 1. The van der Waals surface area contributed by atoms with Crippen molar-refractivity contribution in [2.75, 3.05) is 0 Å². The van der Waals surface area contributed by atoms with Crippen molar-refractivity contribution in [2.45, 2.75) is 26.7 Å². The molecule has 1 N–H and O–H groups in total. The Morgan fingerprint density at radius 1 is 1.32 bits per heavy atom. The Morgan fingerprint density at radius 3 is 2.47 bits per heavy atom. The highest BCUT2D eigenvalue weighted by molar-refractivity contribution is 5.97. The first kappa shape index (κ1) is 13.3. The number of carbonyl (C=O) groups is 1. The summed E-state index contributed by atoms with van der Waals surface area (Å²) < 4.78 is 1.43. The van der Waals surface area contributed by atoms with Crippen LogP contribution in [0.1, 0.15) is 41.3 Å². The maximum atomic E-state index is 12.3. The Hall–Kier alpha value is -2.10. The quantitative estimate of drug-likeness (QED) is 0.902. The Balaban J connectivity index is 3.14. The summed E-state index contributed by atoms with van der Waals surface area (Å²) in [6, 6.07) is 5.69. The number of aromatic carboxylic acids is 1. The predicted octanol–water partition coefficient (Wildman–Crippen LogP) is 2.67. The van der Waals surface area contributed by atoms with Crippen LogP contribution < -0.4 is 5.56 Å². The average molecular weight is 259 g/mol. The summed E-state index contributed by atoms with van der Waals surface area (Å²) in [7, 11) is 1.62. The molecule has 0 amide bonds. The lowest BCUT2D eigenvalue weighted by atomic mass is 9.92. The lowest BCUT2D eigenvalue weighted by Gasteiger charge is -2.17. The maximum Gasteiger partial charge on any atom is 0.341 e. The van der Waals surface area contributed by atoms with E-state index in [2.05, 4.69) is 0 Å². The molecule has 0 unspecified atom stereocenters. The van der Waals surface area contributed by atoms with Gasteiger partial charge in [-0.3, -0.25) is 4.79 Å². The molecule has 0 saturated heterocycles. The molecule has 0 atom stereocenters. The van der Waals surface area contributed by atoms with E-state index in [0.29, 0.717) is 5.56 Å². The second kappa shape index (κ2) is 4.53. The molecule has 2 rings (SSSR count). The van der Waals surface area contributed by atoms with E-state index in [1.807, 2.05) is 39.0 Å². The fourth-order valence-corrected chi connectivity index (χ4v) is 2.65. The number of hydrogen-bond donors (Lipinski definition) is 1. The smallest absolute Gasteiger partial charge is 0.341 e. The number of hydrogen-bond acceptors (Lipinski definition) is 2. The largest absolute Gasteiger partial charge is 0.477 e. The van der Waals surface area contributed by atoms with Crippen LogP contribution in [0.4, 0.5) is 0 Å². The molecule has 4 nitrogen and oxygen atoms in total. The molecule has 1 aromatic carbocycles. The van der Waals surface area contributed by atoms with Gasteiger partial charge in [-0.05, 0) is 24.0 Å². The van der Waals surface area contributed by atoms with Crippen LogP contribution in [0.15, 0.2) is 23.0 Å². The van der Waals surface area contributed by atoms with Crippen LogP contribution in [-0.4, -0.2) is 15.6 Å². The van der Waals surface area contributed by atoms with Gasteiger partial charge >= 0.3 is 5.97 Å². The minimum atomic E-state index is -1.16. The van der Waals surface area contributed by atoms with E-state index in [9.17, 15) is 14.7 Å². The molecule has 0 radical (unpaired) electrons. The van der Waals surface area contributed by atoms with Crippen molar-refractivity contribution in [1.82, 2.24) is 4.57 Å². The average Bonchev–Trinajstić information content (AvgIpc) is 2.32. The van der Waals surface area contributed by atoms with Crippen LogP contribution in [0.5, 0.6) is 0 Å². The maximum absolute atomic E-state index is 12.3. The minimum absolute atomic E-state index is 0.0238. The molecule has 2 aromatic rings. The number of rotatable bonds is 2.